The molecular weight excluding hydrogens is 1040 g/mol. The molecule has 21 atom stereocenters. The number of ether oxygens (including phenoxy) is 6. The number of hydrogen-bond donors (Lipinski definition) is 2. The number of esters is 6. The van der Waals surface area contributed by atoms with Crippen LogP contribution in [0.1, 0.15) is 203 Å². The molecule has 12 rings (SSSR count). The summed E-state index contributed by atoms with van der Waals surface area (Å²) >= 11 is 0. The minimum Gasteiger partial charge on any atom is -0.468 e. The molecule has 9 fully saturated rings. The van der Waals surface area contributed by atoms with Gasteiger partial charge in [-0.05, 0) is 200 Å². The van der Waals surface area contributed by atoms with Gasteiger partial charge in [-0.25, -0.2) is 0 Å². The average Bonchev–Trinajstić information content (AvgIpc) is 3.29. The highest BCUT2D eigenvalue weighted by atomic mass is 16.6. The summed E-state index contributed by atoms with van der Waals surface area (Å²) in [6.07, 6.45) is 28.0. The van der Waals surface area contributed by atoms with Gasteiger partial charge in [-0.1, -0.05) is 55.7 Å². The highest BCUT2D eigenvalue weighted by molar-refractivity contribution is 5.83. The maximum atomic E-state index is 13.2. The van der Waals surface area contributed by atoms with Crippen LogP contribution in [0, 0.1) is 85.8 Å². The molecule has 0 amide bonds. The largest absolute Gasteiger partial charge is 0.468 e. The molecule has 12 aliphatic rings. The van der Waals surface area contributed by atoms with Crippen LogP contribution in [0.4, 0.5) is 0 Å². The number of aliphatic hydroxyl groups excluding tert-OH is 2. The summed E-state index contributed by atoms with van der Waals surface area (Å²) < 4.78 is 33.0. The van der Waals surface area contributed by atoms with E-state index in [0.29, 0.717) is 92.3 Å². The molecule has 0 saturated heterocycles. The van der Waals surface area contributed by atoms with Gasteiger partial charge in [-0.2, -0.15) is 0 Å². The molecule has 0 spiro atoms. The summed E-state index contributed by atoms with van der Waals surface area (Å²) in [5.74, 6) is 2.51. The van der Waals surface area contributed by atoms with Gasteiger partial charge in [-0.15, -0.1) is 0 Å². The third-order valence-electron chi connectivity index (χ3n) is 25.2. The highest BCUT2D eigenvalue weighted by Crippen LogP contribution is 2.69. The van der Waals surface area contributed by atoms with Gasteiger partial charge in [-0.3, -0.25) is 28.8 Å². The van der Waals surface area contributed by atoms with Crippen molar-refractivity contribution in [2.24, 2.45) is 85.8 Å². The number of methoxy groups -OCH3 is 2. The number of fused-ring (bicyclic) bond motifs is 15. The van der Waals surface area contributed by atoms with Crippen LogP contribution in [0.3, 0.4) is 0 Å². The zero-order valence-electron chi connectivity index (χ0n) is 50.6. The normalized spacial score (nSPS) is 45.3. The Labute approximate surface area is 486 Å². The predicted octanol–water partition coefficient (Wildman–Crippen LogP) is 10.8. The zero-order valence-corrected chi connectivity index (χ0v) is 50.6. The summed E-state index contributed by atoms with van der Waals surface area (Å²) in [4.78, 5) is 84.7. The van der Waals surface area contributed by atoms with Crippen molar-refractivity contribution in [3.63, 3.8) is 0 Å². The van der Waals surface area contributed by atoms with E-state index < -0.39 is 10.8 Å². The average molecular weight is 1140 g/mol. The fourth-order valence-corrected chi connectivity index (χ4v) is 21.6. The Hall–Kier alpha value is -4.37. The van der Waals surface area contributed by atoms with Crippen LogP contribution in [-0.4, -0.2) is 103 Å². The Morgan fingerprint density at radius 1 is 0.451 bits per heavy atom. The molecule has 454 valence electrons. The number of carbonyl (C=O) groups excluding carboxylic acids is 7. The van der Waals surface area contributed by atoms with Crippen molar-refractivity contribution < 1.29 is 72.2 Å². The second kappa shape index (κ2) is 23.1. The number of hydrogen-bond acceptors (Lipinski definition) is 15. The fourth-order valence-electron chi connectivity index (χ4n) is 21.6. The lowest BCUT2D eigenvalue weighted by molar-refractivity contribution is -0.169. The molecule has 15 heteroatoms. The van der Waals surface area contributed by atoms with Crippen molar-refractivity contribution in [1.29, 1.82) is 0 Å². The van der Waals surface area contributed by atoms with E-state index in [0.717, 1.165) is 120 Å². The Balaban J connectivity index is 0.000000139. The lowest BCUT2D eigenvalue weighted by Crippen LogP contribution is -2.55. The number of carbonyl (C=O) groups is 7. The molecule has 0 aliphatic heterocycles. The first-order chi connectivity index (χ1) is 38.9. The van der Waals surface area contributed by atoms with Crippen molar-refractivity contribution in [2.45, 2.75) is 239 Å². The molecule has 0 aromatic heterocycles. The maximum Gasteiger partial charge on any atom is 0.316 e. The minimum atomic E-state index is -0.602. The van der Waals surface area contributed by atoms with Crippen molar-refractivity contribution in [1.82, 2.24) is 0 Å². The van der Waals surface area contributed by atoms with Crippen LogP contribution in [0.15, 0.2) is 34.9 Å². The van der Waals surface area contributed by atoms with Gasteiger partial charge in [0, 0.05) is 51.4 Å². The van der Waals surface area contributed by atoms with Crippen molar-refractivity contribution >= 4 is 42.1 Å². The molecule has 12 aliphatic carbocycles. The standard InChI is InChI=1S/C24H34O6.C23H32O5.C20H30O4/c1-14(25)29-17-9-12-24(22(27)28-4)16(13-17)5-6-18-19-7-8-21(30-15(2)26)23(19,3)11-10-20(18)24;1-14(25)27-17-8-11-23(13-24)16(12-17)4-5-18-19-6-7-21(28-15(2)26)22(19,3)10-9-20(18)23;1-19-9-8-16-14(15(19)5-6-17(19)22)4-3-12-11-13(21)7-10-20(12,16)18(23)24-2/h5,17-21H,6-13H2,1-4H3;4,13,17-21H,5-12H2,1-3H3;3,13-17,21-22H,4-11H2,1-2H3/t17-,18?,19?,20?,21-,23-,24+;17-,18?,19?,20?,21-,22-,23+;13-,14?,15?,16?,17-,19-,20+/m000/s1. The number of aliphatic hydroxyl groups is 2. The van der Waals surface area contributed by atoms with E-state index in [1.807, 2.05) is 0 Å². The third-order valence-corrected chi connectivity index (χ3v) is 25.2. The molecule has 9 saturated carbocycles. The van der Waals surface area contributed by atoms with Gasteiger partial charge in [0.25, 0.3) is 0 Å². The van der Waals surface area contributed by atoms with E-state index in [2.05, 4.69) is 39.0 Å². The number of rotatable bonds is 7. The molecule has 15 nitrogen and oxygen atoms in total. The van der Waals surface area contributed by atoms with Crippen molar-refractivity contribution in [3.05, 3.63) is 34.9 Å². The van der Waals surface area contributed by atoms with Crippen LogP contribution in [0.5, 0.6) is 0 Å². The van der Waals surface area contributed by atoms with Gasteiger partial charge < -0.3 is 43.4 Å². The van der Waals surface area contributed by atoms with E-state index in [-0.39, 0.29) is 100 Å². The Morgan fingerprint density at radius 2 is 0.854 bits per heavy atom. The molecule has 82 heavy (non-hydrogen) atoms. The van der Waals surface area contributed by atoms with Crippen LogP contribution in [0.25, 0.3) is 0 Å². The Kier molecular flexibility index (Phi) is 17.1. The number of allylic oxidation sites excluding steroid dienone is 3. The molecule has 0 radical (unpaired) electrons. The van der Waals surface area contributed by atoms with Crippen molar-refractivity contribution in [2.75, 3.05) is 14.2 Å². The summed E-state index contributed by atoms with van der Waals surface area (Å²) in [5, 5.41) is 20.6. The highest BCUT2D eigenvalue weighted by Gasteiger charge is 2.66. The summed E-state index contributed by atoms with van der Waals surface area (Å²) in [5.41, 5.74) is 1.92. The van der Waals surface area contributed by atoms with E-state index >= 15 is 0 Å². The molecule has 0 heterocycles. The van der Waals surface area contributed by atoms with Crippen LogP contribution >= 0.6 is 0 Å². The monoisotopic (exact) mass is 1140 g/mol. The van der Waals surface area contributed by atoms with Gasteiger partial charge in [0.05, 0.1) is 42.7 Å². The maximum absolute atomic E-state index is 13.2. The Bertz CT molecular complexity index is 2600. The van der Waals surface area contributed by atoms with Crippen LogP contribution in [-0.2, 0) is 62.0 Å². The van der Waals surface area contributed by atoms with E-state index in [1.54, 1.807) is 0 Å². The molecule has 2 N–H and O–H groups in total. The van der Waals surface area contributed by atoms with Gasteiger partial charge in [0.2, 0.25) is 0 Å². The molecule has 0 aromatic rings. The second-order valence-corrected chi connectivity index (χ2v) is 28.5. The smallest absolute Gasteiger partial charge is 0.316 e. The van der Waals surface area contributed by atoms with Crippen molar-refractivity contribution in [3.8, 4) is 0 Å². The second-order valence-electron chi connectivity index (χ2n) is 28.5. The first-order valence-electron chi connectivity index (χ1n) is 31.7. The Morgan fingerprint density at radius 3 is 1.34 bits per heavy atom. The summed E-state index contributed by atoms with van der Waals surface area (Å²) in [6.45, 7) is 12.7. The van der Waals surface area contributed by atoms with E-state index in [1.165, 1.54) is 53.8 Å². The van der Waals surface area contributed by atoms with Gasteiger partial charge in [0.15, 0.2) is 0 Å². The number of aldehydes is 1. The van der Waals surface area contributed by atoms with E-state index in [4.69, 9.17) is 28.4 Å². The minimum absolute atomic E-state index is 0.00760. The van der Waals surface area contributed by atoms with Gasteiger partial charge in [0.1, 0.15) is 30.7 Å². The lowest BCUT2D eigenvalue weighted by Gasteiger charge is -2.57. The topological polar surface area (TPSA) is 215 Å². The SMILES string of the molecule is CC(=O)O[C@H]1CC[C@@]2(C=O)C(=CCC3C2CC[C@@]2(C)C3CC[C@@H]2OC(C)=O)C1.COC(=O)[C@]12CC[C@H](O)CC1=CCC1C2CC[C@@]2(C)C1CC[C@@H]2O.COC(=O)[C@]12CC[C@H](OC(C)=O)CC1=CCC1C2CC[C@@]2(C)C1CC[C@@H]2OC(C)=O. The molecule has 0 aromatic carbocycles. The quantitative estimate of drug-likeness (QED) is 0.105. The molecule has 0 bridgehead atoms. The van der Waals surface area contributed by atoms with Crippen LogP contribution in [0.2, 0.25) is 0 Å². The first kappa shape index (κ1) is 60.7. The first-order valence-corrected chi connectivity index (χ1v) is 31.7. The third kappa shape index (κ3) is 10.1. The van der Waals surface area contributed by atoms with E-state index in [9.17, 15) is 43.8 Å². The zero-order chi connectivity index (χ0) is 58.9. The molecular formula is C67H96O15. The van der Waals surface area contributed by atoms with Crippen LogP contribution < -0.4 is 0 Å². The predicted molar refractivity (Wildman–Crippen MR) is 302 cm³/mol. The molecule has 9 unspecified atom stereocenters. The summed E-state index contributed by atoms with van der Waals surface area (Å²) in [7, 11) is 2.98. The lowest BCUT2D eigenvalue weighted by atomic mass is 9.47. The fraction of sp³-hybridized carbons (Fsp3) is 0.806. The summed E-state index contributed by atoms with van der Waals surface area (Å²) in [6, 6.07) is 0. The van der Waals surface area contributed by atoms with Gasteiger partial charge >= 0.3 is 35.8 Å².